The molecule has 6 nitrogen and oxygen atoms in total. The number of ether oxygens (including phenoxy) is 1. The lowest BCUT2D eigenvalue weighted by Gasteiger charge is -2.27. The first-order valence-corrected chi connectivity index (χ1v) is 10.5. The van der Waals surface area contributed by atoms with Crippen LogP contribution in [-0.4, -0.2) is 27.1 Å². The van der Waals surface area contributed by atoms with Crippen molar-refractivity contribution in [2.75, 3.05) is 6.26 Å². The SMILES string of the molecule is CCC(C)(N=[N+]=[N-])c1cnc(O[C@@H](C)CC(C)(C)SC)c2cnc(Cl)cc12. The van der Waals surface area contributed by atoms with Crippen molar-refractivity contribution in [1.29, 1.82) is 0 Å². The van der Waals surface area contributed by atoms with Gasteiger partial charge in [0.15, 0.2) is 0 Å². The van der Waals surface area contributed by atoms with Crippen molar-refractivity contribution in [3.8, 4) is 5.88 Å². The van der Waals surface area contributed by atoms with E-state index in [1.807, 2.05) is 32.5 Å². The Hall–Kier alpha value is -1.69. The monoisotopic (exact) mass is 407 g/mol. The molecule has 0 aliphatic carbocycles. The van der Waals surface area contributed by atoms with Crippen LogP contribution in [0.5, 0.6) is 5.88 Å². The Morgan fingerprint density at radius 3 is 2.59 bits per heavy atom. The second-order valence-electron chi connectivity index (χ2n) is 7.44. The molecular formula is C19H26ClN5OS. The van der Waals surface area contributed by atoms with Crippen molar-refractivity contribution in [1.82, 2.24) is 9.97 Å². The maximum absolute atomic E-state index is 9.00. The van der Waals surface area contributed by atoms with Gasteiger partial charge in [-0.05, 0) is 55.5 Å². The Bertz CT molecular complexity index is 869. The number of nitrogens with zero attached hydrogens (tertiary/aromatic N) is 5. The lowest BCUT2D eigenvalue weighted by Crippen LogP contribution is -2.25. The highest BCUT2D eigenvalue weighted by atomic mass is 35.5. The summed E-state index contributed by atoms with van der Waals surface area (Å²) in [5.74, 6) is 0.515. The Morgan fingerprint density at radius 2 is 2.00 bits per heavy atom. The molecule has 0 amide bonds. The lowest BCUT2D eigenvalue weighted by molar-refractivity contribution is 0.194. The van der Waals surface area contributed by atoms with Gasteiger partial charge in [0.1, 0.15) is 5.15 Å². The first kappa shape index (κ1) is 21.6. The van der Waals surface area contributed by atoms with Gasteiger partial charge in [-0.2, -0.15) is 11.8 Å². The van der Waals surface area contributed by atoms with E-state index in [0.717, 1.165) is 22.8 Å². The fourth-order valence-electron chi connectivity index (χ4n) is 3.03. The van der Waals surface area contributed by atoms with Crippen LogP contribution in [0.2, 0.25) is 5.15 Å². The standard InChI is InChI=1S/C19H26ClN5OS/c1-7-19(5,24-25-21)15-11-23-17(14-10-22-16(20)8-13(14)15)26-12(2)9-18(3,4)27-6/h8,10-12H,7,9H2,1-6H3/t12-,19?/m0/s1. The number of hydrogen-bond donors (Lipinski definition) is 0. The number of thioether (sulfide) groups is 1. The number of rotatable bonds is 8. The van der Waals surface area contributed by atoms with Crippen LogP contribution in [0.1, 0.15) is 53.0 Å². The second-order valence-corrected chi connectivity index (χ2v) is 9.34. The number of fused-ring (bicyclic) bond motifs is 1. The molecular weight excluding hydrogens is 382 g/mol. The first-order valence-electron chi connectivity index (χ1n) is 8.88. The zero-order valence-electron chi connectivity index (χ0n) is 16.7. The van der Waals surface area contributed by atoms with Crippen molar-refractivity contribution in [2.24, 2.45) is 5.11 Å². The van der Waals surface area contributed by atoms with E-state index in [1.54, 1.807) is 18.5 Å². The molecule has 8 heteroatoms. The lowest BCUT2D eigenvalue weighted by atomic mass is 9.88. The van der Waals surface area contributed by atoms with Gasteiger partial charge in [-0.3, -0.25) is 0 Å². The maximum atomic E-state index is 9.00. The van der Waals surface area contributed by atoms with Gasteiger partial charge in [-0.15, -0.1) is 0 Å². The molecule has 1 unspecified atom stereocenters. The minimum atomic E-state index is -0.727. The molecule has 0 bridgehead atoms. The molecule has 2 aromatic rings. The molecule has 0 radical (unpaired) electrons. The molecule has 2 rings (SSSR count). The van der Waals surface area contributed by atoms with E-state index in [-0.39, 0.29) is 10.9 Å². The summed E-state index contributed by atoms with van der Waals surface area (Å²) in [4.78, 5) is 11.8. The second kappa shape index (κ2) is 8.55. The number of halogens is 1. The van der Waals surface area contributed by atoms with Crippen LogP contribution >= 0.6 is 23.4 Å². The summed E-state index contributed by atoms with van der Waals surface area (Å²) in [7, 11) is 0. The van der Waals surface area contributed by atoms with E-state index in [2.05, 4.69) is 40.1 Å². The van der Waals surface area contributed by atoms with Crippen LogP contribution in [0, 0.1) is 0 Å². The predicted molar refractivity (Wildman–Crippen MR) is 114 cm³/mol. The van der Waals surface area contributed by atoms with Crippen LogP contribution in [0.3, 0.4) is 0 Å². The highest BCUT2D eigenvalue weighted by Crippen LogP contribution is 2.38. The molecule has 0 fully saturated rings. The van der Waals surface area contributed by atoms with Gasteiger partial charge in [0.05, 0.1) is 17.0 Å². The van der Waals surface area contributed by atoms with Gasteiger partial charge < -0.3 is 4.74 Å². The molecule has 2 heterocycles. The number of azide groups is 1. The largest absolute Gasteiger partial charge is 0.474 e. The Balaban J connectivity index is 2.53. The average molecular weight is 408 g/mol. The van der Waals surface area contributed by atoms with Crippen LogP contribution in [0.4, 0.5) is 0 Å². The van der Waals surface area contributed by atoms with Crippen molar-refractivity contribution in [3.05, 3.63) is 39.6 Å². The normalized spacial score (nSPS) is 15.1. The van der Waals surface area contributed by atoms with Gasteiger partial charge in [-0.25, -0.2) is 9.97 Å². The van der Waals surface area contributed by atoms with Crippen LogP contribution < -0.4 is 4.74 Å². The average Bonchev–Trinajstić information content (AvgIpc) is 2.61. The summed E-state index contributed by atoms with van der Waals surface area (Å²) in [6.45, 7) is 10.3. The van der Waals surface area contributed by atoms with Crippen LogP contribution in [0.15, 0.2) is 23.6 Å². The minimum absolute atomic E-state index is 0.0145. The number of aromatic nitrogens is 2. The van der Waals surface area contributed by atoms with Gasteiger partial charge in [0.2, 0.25) is 5.88 Å². The summed E-state index contributed by atoms with van der Waals surface area (Å²) in [6, 6.07) is 1.78. The smallest absolute Gasteiger partial charge is 0.223 e. The summed E-state index contributed by atoms with van der Waals surface area (Å²) in [5, 5.41) is 5.98. The molecule has 2 aromatic heterocycles. The van der Waals surface area contributed by atoms with E-state index in [0.29, 0.717) is 17.5 Å². The minimum Gasteiger partial charge on any atom is -0.474 e. The van der Waals surface area contributed by atoms with E-state index in [4.69, 9.17) is 21.9 Å². The molecule has 0 saturated carbocycles. The predicted octanol–water partition coefficient (Wildman–Crippen LogP) is 6.52. The topological polar surface area (TPSA) is 83.8 Å². The van der Waals surface area contributed by atoms with E-state index in [9.17, 15) is 0 Å². The van der Waals surface area contributed by atoms with E-state index < -0.39 is 5.54 Å². The van der Waals surface area contributed by atoms with Crippen molar-refractivity contribution in [3.63, 3.8) is 0 Å². The van der Waals surface area contributed by atoms with Gasteiger partial charge in [-0.1, -0.05) is 37.5 Å². The zero-order valence-corrected chi connectivity index (χ0v) is 18.2. The molecule has 146 valence electrons. The summed E-state index contributed by atoms with van der Waals surface area (Å²) in [6.07, 6.45) is 6.99. The van der Waals surface area contributed by atoms with Gasteiger partial charge >= 0.3 is 0 Å². The molecule has 0 aliphatic rings. The summed E-state index contributed by atoms with van der Waals surface area (Å²) in [5.41, 5.74) is 9.08. The van der Waals surface area contributed by atoms with E-state index in [1.165, 1.54) is 0 Å². The third-order valence-corrected chi connectivity index (χ3v) is 6.36. The Morgan fingerprint density at radius 1 is 1.30 bits per heavy atom. The summed E-state index contributed by atoms with van der Waals surface area (Å²) < 4.78 is 6.27. The van der Waals surface area contributed by atoms with Crippen molar-refractivity contribution < 1.29 is 4.74 Å². The Labute approximate surface area is 169 Å². The molecule has 2 atom stereocenters. The number of hydrogen-bond acceptors (Lipinski definition) is 5. The van der Waals surface area contributed by atoms with Crippen molar-refractivity contribution >= 4 is 34.1 Å². The number of pyridine rings is 2. The third-order valence-electron chi connectivity index (χ3n) is 4.88. The van der Waals surface area contributed by atoms with Gasteiger partial charge in [0.25, 0.3) is 0 Å². The highest BCUT2D eigenvalue weighted by molar-refractivity contribution is 7.99. The van der Waals surface area contributed by atoms with Crippen molar-refractivity contribution in [2.45, 2.75) is 63.9 Å². The fourth-order valence-corrected chi connectivity index (χ4v) is 3.59. The maximum Gasteiger partial charge on any atom is 0.223 e. The fraction of sp³-hybridized carbons (Fsp3) is 0.579. The molecule has 0 aromatic carbocycles. The Kier molecular flexibility index (Phi) is 6.84. The summed E-state index contributed by atoms with van der Waals surface area (Å²) >= 11 is 7.96. The quantitative estimate of drug-likeness (QED) is 0.216. The highest BCUT2D eigenvalue weighted by Gasteiger charge is 2.28. The third kappa shape index (κ3) is 4.98. The van der Waals surface area contributed by atoms with Gasteiger partial charge in [0, 0.05) is 22.1 Å². The first-order chi connectivity index (χ1) is 12.7. The van der Waals surface area contributed by atoms with Crippen LogP contribution in [-0.2, 0) is 5.54 Å². The zero-order chi connectivity index (χ0) is 20.2. The van der Waals surface area contributed by atoms with E-state index >= 15 is 0 Å². The molecule has 0 saturated heterocycles. The molecule has 0 aliphatic heterocycles. The molecule has 27 heavy (non-hydrogen) atoms. The molecule has 0 spiro atoms. The molecule has 0 N–H and O–H groups in total. The van der Waals surface area contributed by atoms with Crippen LogP contribution in [0.25, 0.3) is 21.2 Å².